The third kappa shape index (κ3) is 3.14. The second-order valence-electron chi connectivity index (χ2n) is 7.16. The van der Waals surface area contributed by atoms with E-state index in [0.29, 0.717) is 10.8 Å². The van der Waals surface area contributed by atoms with Gasteiger partial charge in [0.15, 0.2) is 0 Å². The van der Waals surface area contributed by atoms with Crippen molar-refractivity contribution in [2.24, 2.45) is 5.41 Å². The van der Waals surface area contributed by atoms with E-state index in [2.05, 4.69) is 57.3 Å². The molecule has 1 nitrogen and oxygen atoms in total. The van der Waals surface area contributed by atoms with Crippen LogP contribution >= 0.6 is 0 Å². The predicted molar refractivity (Wildman–Crippen MR) is 79.0 cm³/mol. The number of benzene rings is 1. The lowest BCUT2D eigenvalue weighted by Crippen LogP contribution is -2.56. The molecule has 1 N–H and O–H groups in total. The van der Waals surface area contributed by atoms with Crippen LogP contribution in [-0.2, 0) is 5.41 Å². The Kier molecular flexibility index (Phi) is 3.82. The maximum atomic E-state index is 3.46. The molecule has 1 heteroatoms. The van der Waals surface area contributed by atoms with Crippen molar-refractivity contribution < 1.29 is 0 Å². The standard InChI is InChI=1S/C17H27N/c1-14-6-8-15(9-7-14)17(12-18-13-17)11-5-10-16(2,3)4/h6-9,18H,5,10-13H2,1-4H3. The highest BCUT2D eigenvalue weighted by molar-refractivity contribution is 5.32. The Bertz CT molecular complexity index is 379. The second kappa shape index (κ2) is 5.05. The fraction of sp³-hybridized carbons (Fsp3) is 0.647. The second-order valence-corrected chi connectivity index (χ2v) is 7.16. The fourth-order valence-electron chi connectivity index (χ4n) is 2.82. The maximum Gasteiger partial charge on any atom is 0.0202 e. The van der Waals surface area contributed by atoms with E-state index in [9.17, 15) is 0 Å². The number of hydrogen-bond acceptors (Lipinski definition) is 1. The van der Waals surface area contributed by atoms with Crippen molar-refractivity contribution in [2.75, 3.05) is 13.1 Å². The Balaban J connectivity index is 2.00. The zero-order chi connectivity index (χ0) is 13.2. The Hall–Kier alpha value is -0.820. The van der Waals surface area contributed by atoms with Gasteiger partial charge in [-0.05, 0) is 30.7 Å². The van der Waals surface area contributed by atoms with Crippen molar-refractivity contribution in [3.8, 4) is 0 Å². The lowest BCUT2D eigenvalue weighted by molar-refractivity contribution is 0.234. The molecule has 100 valence electrons. The first-order valence-corrected chi connectivity index (χ1v) is 7.19. The first-order chi connectivity index (χ1) is 8.41. The lowest BCUT2D eigenvalue weighted by atomic mass is 9.70. The van der Waals surface area contributed by atoms with Gasteiger partial charge in [-0.2, -0.15) is 0 Å². The van der Waals surface area contributed by atoms with E-state index in [1.54, 1.807) is 0 Å². The van der Waals surface area contributed by atoms with Gasteiger partial charge in [-0.3, -0.25) is 0 Å². The molecule has 1 aliphatic rings. The minimum atomic E-state index is 0.416. The lowest BCUT2D eigenvalue weighted by Gasteiger charge is -2.44. The summed E-state index contributed by atoms with van der Waals surface area (Å²) in [4.78, 5) is 0. The van der Waals surface area contributed by atoms with Crippen LogP contribution in [-0.4, -0.2) is 13.1 Å². The van der Waals surface area contributed by atoms with Gasteiger partial charge in [0.25, 0.3) is 0 Å². The molecule has 0 aromatic heterocycles. The van der Waals surface area contributed by atoms with Gasteiger partial charge in [-0.25, -0.2) is 0 Å². The van der Waals surface area contributed by atoms with Crippen molar-refractivity contribution in [2.45, 2.75) is 52.4 Å². The largest absolute Gasteiger partial charge is 0.315 e. The van der Waals surface area contributed by atoms with Crippen molar-refractivity contribution >= 4 is 0 Å². The van der Waals surface area contributed by atoms with Crippen LogP contribution in [0.5, 0.6) is 0 Å². The maximum absolute atomic E-state index is 3.46. The molecule has 1 heterocycles. The molecule has 0 aliphatic carbocycles. The van der Waals surface area contributed by atoms with Crippen molar-refractivity contribution in [1.82, 2.24) is 5.32 Å². The quantitative estimate of drug-likeness (QED) is 0.843. The van der Waals surface area contributed by atoms with E-state index in [1.807, 2.05) is 0 Å². The Morgan fingerprint density at radius 2 is 1.72 bits per heavy atom. The van der Waals surface area contributed by atoms with Gasteiger partial charge in [0.2, 0.25) is 0 Å². The van der Waals surface area contributed by atoms with Crippen LogP contribution in [0.2, 0.25) is 0 Å². The summed E-state index contributed by atoms with van der Waals surface area (Å²) in [5, 5.41) is 3.46. The minimum absolute atomic E-state index is 0.416. The molecule has 0 saturated carbocycles. The number of nitrogens with one attached hydrogen (secondary N) is 1. The summed E-state index contributed by atoms with van der Waals surface area (Å²) in [6, 6.07) is 9.15. The Morgan fingerprint density at radius 1 is 1.11 bits per heavy atom. The summed E-state index contributed by atoms with van der Waals surface area (Å²) in [6.07, 6.45) is 3.97. The molecule has 1 fully saturated rings. The first-order valence-electron chi connectivity index (χ1n) is 7.19. The topological polar surface area (TPSA) is 12.0 Å². The number of rotatable bonds is 4. The van der Waals surface area contributed by atoms with Crippen LogP contribution in [0.25, 0.3) is 0 Å². The molecule has 0 atom stereocenters. The van der Waals surface area contributed by atoms with Crippen LogP contribution in [0.1, 0.15) is 51.2 Å². The van der Waals surface area contributed by atoms with Crippen LogP contribution in [0.15, 0.2) is 24.3 Å². The average molecular weight is 245 g/mol. The monoisotopic (exact) mass is 245 g/mol. The summed E-state index contributed by atoms with van der Waals surface area (Å²) in [5.41, 5.74) is 3.77. The van der Waals surface area contributed by atoms with Crippen molar-refractivity contribution in [3.05, 3.63) is 35.4 Å². The molecule has 0 spiro atoms. The van der Waals surface area contributed by atoms with Gasteiger partial charge in [-0.15, -0.1) is 0 Å². The molecule has 0 bridgehead atoms. The van der Waals surface area contributed by atoms with Crippen LogP contribution in [0.4, 0.5) is 0 Å². The predicted octanol–water partition coefficient (Wildman–Crippen LogP) is 4.05. The van der Waals surface area contributed by atoms with Gasteiger partial charge in [0.05, 0.1) is 0 Å². The molecule has 1 saturated heterocycles. The van der Waals surface area contributed by atoms with Gasteiger partial charge in [0.1, 0.15) is 0 Å². The van der Waals surface area contributed by atoms with E-state index in [1.165, 1.54) is 30.4 Å². The summed E-state index contributed by atoms with van der Waals surface area (Å²) in [7, 11) is 0. The number of hydrogen-bond donors (Lipinski definition) is 1. The fourth-order valence-corrected chi connectivity index (χ4v) is 2.82. The van der Waals surface area contributed by atoms with E-state index in [0.717, 1.165) is 13.1 Å². The molecular formula is C17H27N. The van der Waals surface area contributed by atoms with Crippen LogP contribution in [0.3, 0.4) is 0 Å². The highest BCUT2D eigenvalue weighted by Crippen LogP contribution is 2.35. The molecule has 1 aliphatic heterocycles. The average Bonchev–Trinajstić information content (AvgIpc) is 2.22. The van der Waals surface area contributed by atoms with Gasteiger partial charge < -0.3 is 5.32 Å². The smallest absolute Gasteiger partial charge is 0.0202 e. The summed E-state index contributed by atoms with van der Waals surface area (Å²) < 4.78 is 0. The SMILES string of the molecule is Cc1ccc(C2(CCCC(C)(C)C)CNC2)cc1. The van der Waals surface area contributed by atoms with E-state index in [4.69, 9.17) is 0 Å². The summed E-state index contributed by atoms with van der Waals surface area (Å²) in [5.74, 6) is 0. The van der Waals surface area contributed by atoms with Gasteiger partial charge >= 0.3 is 0 Å². The van der Waals surface area contributed by atoms with Crippen LogP contribution in [0, 0.1) is 12.3 Å². The van der Waals surface area contributed by atoms with Gasteiger partial charge in [-0.1, -0.05) is 57.0 Å². The van der Waals surface area contributed by atoms with Crippen molar-refractivity contribution in [1.29, 1.82) is 0 Å². The minimum Gasteiger partial charge on any atom is -0.315 e. The van der Waals surface area contributed by atoms with Crippen LogP contribution < -0.4 is 5.32 Å². The Labute approximate surface area is 112 Å². The normalized spacial score (nSPS) is 18.4. The summed E-state index contributed by atoms with van der Waals surface area (Å²) >= 11 is 0. The molecule has 0 unspecified atom stereocenters. The highest BCUT2D eigenvalue weighted by Gasteiger charge is 2.38. The van der Waals surface area contributed by atoms with E-state index >= 15 is 0 Å². The van der Waals surface area contributed by atoms with E-state index in [-0.39, 0.29) is 0 Å². The zero-order valence-corrected chi connectivity index (χ0v) is 12.3. The number of aryl methyl sites for hydroxylation is 1. The van der Waals surface area contributed by atoms with E-state index < -0.39 is 0 Å². The molecule has 18 heavy (non-hydrogen) atoms. The molecule has 1 aromatic rings. The zero-order valence-electron chi connectivity index (χ0n) is 12.3. The highest BCUT2D eigenvalue weighted by atomic mass is 15.0. The third-order valence-corrected chi connectivity index (χ3v) is 4.17. The molecule has 0 amide bonds. The van der Waals surface area contributed by atoms with Crippen molar-refractivity contribution in [3.63, 3.8) is 0 Å². The van der Waals surface area contributed by atoms with Gasteiger partial charge in [0, 0.05) is 18.5 Å². The Morgan fingerprint density at radius 3 is 2.17 bits per heavy atom. The molecule has 1 aromatic carbocycles. The molecular weight excluding hydrogens is 218 g/mol. The third-order valence-electron chi connectivity index (χ3n) is 4.17. The molecule has 0 radical (unpaired) electrons. The first kappa shape index (κ1) is 13.6. The summed E-state index contributed by atoms with van der Waals surface area (Å²) in [6.45, 7) is 11.5. The molecule has 2 rings (SSSR count).